The SMILES string of the molecule is C=C(CC)NC(C)C(=O)O. The summed E-state index contributed by atoms with van der Waals surface area (Å²) in [5.74, 6) is -0.852. The average molecular weight is 143 g/mol. The van der Waals surface area contributed by atoms with Crippen LogP contribution in [-0.2, 0) is 4.79 Å². The fourth-order valence-electron chi connectivity index (χ4n) is 0.470. The Kier molecular flexibility index (Phi) is 3.54. The Hall–Kier alpha value is -0.990. The summed E-state index contributed by atoms with van der Waals surface area (Å²) < 4.78 is 0. The van der Waals surface area contributed by atoms with Gasteiger partial charge in [-0.05, 0) is 13.3 Å². The van der Waals surface area contributed by atoms with Gasteiger partial charge in [0.1, 0.15) is 6.04 Å². The molecule has 1 atom stereocenters. The fraction of sp³-hybridized carbons (Fsp3) is 0.571. The third kappa shape index (κ3) is 3.12. The molecule has 2 N–H and O–H groups in total. The molecule has 0 aromatic rings. The maximum absolute atomic E-state index is 10.2. The van der Waals surface area contributed by atoms with Crippen LogP contribution in [-0.4, -0.2) is 17.1 Å². The van der Waals surface area contributed by atoms with Crippen LogP contribution >= 0.6 is 0 Å². The molecule has 0 fully saturated rings. The van der Waals surface area contributed by atoms with Gasteiger partial charge in [0.15, 0.2) is 0 Å². The third-order valence-electron chi connectivity index (χ3n) is 1.22. The first-order valence-electron chi connectivity index (χ1n) is 3.25. The largest absolute Gasteiger partial charge is 0.480 e. The van der Waals surface area contributed by atoms with E-state index in [2.05, 4.69) is 11.9 Å². The summed E-state index contributed by atoms with van der Waals surface area (Å²) in [6, 6.07) is -0.535. The van der Waals surface area contributed by atoms with E-state index < -0.39 is 12.0 Å². The lowest BCUT2D eigenvalue weighted by Crippen LogP contribution is -2.32. The van der Waals surface area contributed by atoms with Crippen LogP contribution in [0.5, 0.6) is 0 Å². The lowest BCUT2D eigenvalue weighted by molar-refractivity contribution is -0.138. The number of nitrogens with one attached hydrogen (secondary N) is 1. The van der Waals surface area contributed by atoms with Crippen LogP contribution in [0, 0.1) is 0 Å². The lowest BCUT2D eigenvalue weighted by atomic mass is 10.3. The summed E-state index contributed by atoms with van der Waals surface area (Å²) in [6.07, 6.45) is 0.762. The van der Waals surface area contributed by atoms with E-state index in [4.69, 9.17) is 5.11 Å². The monoisotopic (exact) mass is 143 g/mol. The number of carboxylic acids is 1. The number of rotatable bonds is 4. The molecule has 0 aliphatic carbocycles. The minimum Gasteiger partial charge on any atom is -0.480 e. The molecule has 0 saturated heterocycles. The van der Waals surface area contributed by atoms with Gasteiger partial charge in [0.25, 0.3) is 0 Å². The van der Waals surface area contributed by atoms with Crippen molar-refractivity contribution in [3.63, 3.8) is 0 Å². The number of hydrogen-bond donors (Lipinski definition) is 2. The van der Waals surface area contributed by atoms with E-state index in [0.29, 0.717) is 0 Å². The Bertz CT molecular complexity index is 143. The lowest BCUT2D eigenvalue weighted by Gasteiger charge is -2.10. The molecular weight excluding hydrogens is 130 g/mol. The number of allylic oxidation sites excluding steroid dienone is 1. The van der Waals surface area contributed by atoms with Crippen LogP contribution in [0.3, 0.4) is 0 Å². The van der Waals surface area contributed by atoms with E-state index in [9.17, 15) is 4.79 Å². The second-order valence-electron chi connectivity index (χ2n) is 2.16. The van der Waals surface area contributed by atoms with Crippen LogP contribution in [0.4, 0.5) is 0 Å². The van der Waals surface area contributed by atoms with Crippen LogP contribution < -0.4 is 5.32 Å². The number of hydrogen-bond acceptors (Lipinski definition) is 2. The van der Waals surface area contributed by atoms with E-state index in [1.54, 1.807) is 6.92 Å². The Labute approximate surface area is 60.7 Å². The molecule has 0 rings (SSSR count). The maximum Gasteiger partial charge on any atom is 0.325 e. The molecule has 0 radical (unpaired) electrons. The minimum atomic E-state index is -0.852. The Morgan fingerprint density at radius 1 is 1.80 bits per heavy atom. The topological polar surface area (TPSA) is 49.3 Å². The molecule has 0 aromatic heterocycles. The van der Waals surface area contributed by atoms with Crippen LogP contribution in [0.25, 0.3) is 0 Å². The first kappa shape index (κ1) is 9.01. The smallest absolute Gasteiger partial charge is 0.325 e. The zero-order valence-corrected chi connectivity index (χ0v) is 6.35. The van der Waals surface area contributed by atoms with Gasteiger partial charge in [-0.1, -0.05) is 13.5 Å². The molecule has 58 valence electrons. The summed E-state index contributed by atoms with van der Waals surface area (Å²) in [5, 5.41) is 11.2. The predicted octanol–water partition coefficient (Wildman–Crippen LogP) is 0.973. The number of carboxylic acid groups (broad SMARTS) is 1. The predicted molar refractivity (Wildman–Crippen MR) is 39.7 cm³/mol. The summed E-state index contributed by atoms with van der Waals surface area (Å²) in [5.41, 5.74) is 0.759. The quantitative estimate of drug-likeness (QED) is 0.616. The Morgan fingerprint density at radius 2 is 2.30 bits per heavy atom. The molecule has 0 bridgehead atoms. The first-order chi connectivity index (χ1) is 4.57. The highest BCUT2D eigenvalue weighted by Crippen LogP contribution is 1.93. The van der Waals surface area contributed by atoms with Crippen LogP contribution in [0.2, 0.25) is 0 Å². The first-order valence-corrected chi connectivity index (χ1v) is 3.25. The highest BCUT2D eigenvalue weighted by atomic mass is 16.4. The molecule has 0 spiro atoms. The van der Waals surface area contributed by atoms with Crippen LogP contribution in [0.15, 0.2) is 12.3 Å². The second kappa shape index (κ2) is 3.93. The van der Waals surface area contributed by atoms with Gasteiger partial charge in [0.2, 0.25) is 0 Å². The van der Waals surface area contributed by atoms with Crippen molar-refractivity contribution in [2.45, 2.75) is 26.3 Å². The molecular formula is C7H13NO2. The van der Waals surface area contributed by atoms with Crippen molar-refractivity contribution < 1.29 is 9.90 Å². The average Bonchev–Trinajstić information content (AvgIpc) is 1.87. The Balaban J connectivity index is 3.68. The summed E-state index contributed by atoms with van der Waals surface area (Å²) >= 11 is 0. The molecule has 3 nitrogen and oxygen atoms in total. The highest BCUT2D eigenvalue weighted by molar-refractivity contribution is 5.73. The van der Waals surface area contributed by atoms with Crippen molar-refractivity contribution in [2.75, 3.05) is 0 Å². The van der Waals surface area contributed by atoms with Crippen molar-refractivity contribution in [2.24, 2.45) is 0 Å². The third-order valence-corrected chi connectivity index (χ3v) is 1.22. The van der Waals surface area contributed by atoms with Gasteiger partial charge in [0.05, 0.1) is 0 Å². The molecule has 1 unspecified atom stereocenters. The van der Waals surface area contributed by atoms with Crippen molar-refractivity contribution in [3.05, 3.63) is 12.3 Å². The Morgan fingerprint density at radius 3 is 2.60 bits per heavy atom. The summed E-state index contributed by atoms with van der Waals surface area (Å²) in [6.45, 7) is 7.13. The van der Waals surface area contributed by atoms with Gasteiger partial charge < -0.3 is 10.4 Å². The van der Waals surface area contributed by atoms with Crippen molar-refractivity contribution in [3.8, 4) is 0 Å². The molecule has 0 aromatic carbocycles. The van der Waals surface area contributed by atoms with Crippen molar-refractivity contribution in [1.82, 2.24) is 5.32 Å². The molecule has 0 heterocycles. The molecule has 3 heteroatoms. The number of carbonyl (C=O) groups is 1. The zero-order chi connectivity index (χ0) is 8.15. The standard InChI is InChI=1S/C7H13NO2/c1-4-5(2)8-6(3)7(9)10/h6,8H,2,4H2,1,3H3,(H,9,10). The van der Waals surface area contributed by atoms with E-state index in [-0.39, 0.29) is 0 Å². The van der Waals surface area contributed by atoms with Gasteiger partial charge in [-0.25, -0.2) is 0 Å². The molecule has 0 aliphatic rings. The molecule has 0 amide bonds. The van der Waals surface area contributed by atoms with Gasteiger partial charge in [-0.2, -0.15) is 0 Å². The van der Waals surface area contributed by atoms with Crippen molar-refractivity contribution >= 4 is 5.97 Å². The van der Waals surface area contributed by atoms with E-state index >= 15 is 0 Å². The second-order valence-corrected chi connectivity index (χ2v) is 2.16. The molecule has 0 aliphatic heterocycles. The molecule has 0 saturated carbocycles. The van der Waals surface area contributed by atoms with E-state index in [1.807, 2.05) is 6.92 Å². The fourth-order valence-corrected chi connectivity index (χ4v) is 0.470. The van der Waals surface area contributed by atoms with Gasteiger partial charge in [-0.15, -0.1) is 0 Å². The zero-order valence-electron chi connectivity index (χ0n) is 6.35. The van der Waals surface area contributed by atoms with Gasteiger partial charge >= 0.3 is 5.97 Å². The summed E-state index contributed by atoms with van der Waals surface area (Å²) in [7, 11) is 0. The van der Waals surface area contributed by atoms with Gasteiger partial charge in [0, 0.05) is 5.70 Å². The van der Waals surface area contributed by atoms with Crippen molar-refractivity contribution in [1.29, 1.82) is 0 Å². The summed E-state index contributed by atoms with van der Waals surface area (Å²) in [4.78, 5) is 10.2. The highest BCUT2D eigenvalue weighted by Gasteiger charge is 2.08. The van der Waals surface area contributed by atoms with E-state index in [1.165, 1.54) is 0 Å². The van der Waals surface area contributed by atoms with Gasteiger partial charge in [-0.3, -0.25) is 4.79 Å². The van der Waals surface area contributed by atoms with E-state index in [0.717, 1.165) is 12.1 Å². The number of aliphatic carboxylic acids is 1. The van der Waals surface area contributed by atoms with Crippen LogP contribution in [0.1, 0.15) is 20.3 Å². The minimum absolute atomic E-state index is 0.535. The maximum atomic E-state index is 10.2. The normalized spacial score (nSPS) is 12.2. The molecule has 10 heavy (non-hydrogen) atoms.